The van der Waals surface area contributed by atoms with Crippen molar-refractivity contribution in [1.82, 2.24) is 4.31 Å². The van der Waals surface area contributed by atoms with E-state index < -0.39 is 10.2 Å². The monoisotopic (exact) mass is 325 g/mol. The highest BCUT2D eigenvalue weighted by molar-refractivity contribution is 7.88. The van der Waals surface area contributed by atoms with E-state index in [2.05, 4.69) is 21.5 Å². The predicted molar refractivity (Wildman–Crippen MR) is 83.9 cm³/mol. The molecule has 8 heteroatoms. The molecule has 0 aromatic heterocycles. The number of rotatable bonds is 5. The molecule has 22 heavy (non-hydrogen) atoms. The van der Waals surface area contributed by atoms with E-state index in [1.165, 1.54) is 19.7 Å². The van der Waals surface area contributed by atoms with Crippen molar-refractivity contribution < 1.29 is 17.9 Å². The van der Waals surface area contributed by atoms with E-state index in [0.717, 1.165) is 23.6 Å². The molecule has 0 saturated heterocycles. The van der Waals surface area contributed by atoms with Crippen molar-refractivity contribution in [2.75, 3.05) is 20.8 Å². The molecular formula is C14H19N3O4S. The minimum absolute atomic E-state index is 0.0217. The van der Waals surface area contributed by atoms with Gasteiger partial charge in [0.1, 0.15) is 0 Å². The summed E-state index contributed by atoms with van der Waals surface area (Å²) >= 11 is 0. The summed E-state index contributed by atoms with van der Waals surface area (Å²) in [4.78, 5) is 3.90. The minimum Gasteiger partial charge on any atom is -0.466 e. The highest BCUT2D eigenvalue weighted by atomic mass is 32.2. The molecule has 1 heterocycles. The number of methoxy groups -OCH3 is 1. The first kappa shape index (κ1) is 16.3. The van der Waals surface area contributed by atoms with Crippen LogP contribution in [0.2, 0.25) is 0 Å². The number of aryl methyl sites for hydroxylation is 1. The van der Waals surface area contributed by atoms with E-state index in [1.54, 1.807) is 0 Å². The van der Waals surface area contributed by atoms with Crippen LogP contribution in [0, 0.1) is 0 Å². The van der Waals surface area contributed by atoms with Crippen LogP contribution in [0.1, 0.15) is 18.4 Å². The molecule has 1 aromatic rings. The SMILES string of the molecule is COC1=NS(=O)(=O)N(C)C(OCCCCc2ccccc2)=N1. The first-order valence-corrected chi connectivity index (χ1v) is 8.31. The molecule has 1 aliphatic heterocycles. The molecule has 0 unspecified atom stereocenters. The Morgan fingerprint density at radius 2 is 1.91 bits per heavy atom. The highest BCUT2D eigenvalue weighted by Gasteiger charge is 2.28. The molecule has 2 rings (SSSR count). The Bertz CT molecular complexity index is 656. The summed E-state index contributed by atoms with van der Waals surface area (Å²) in [7, 11) is -1.17. The van der Waals surface area contributed by atoms with Crippen LogP contribution >= 0.6 is 0 Å². The van der Waals surface area contributed by atoms with Gasteiger partial charge >= 0.3 is 22.3 Å². The van der Waals surface area contributed by atoms with E-state index in [0.29, 0.717) is 6.61 Å². The van der Waals surface area contributed by atoms with Gasteiger partial charge in [-0.25, -0.2) is 4.31 Å². The predicted octanol–water partition coefficient (Wildman–Crippen LogP) is 1.57. The first-order valence-electron chi connectivity index (χ1n) is 6.91. The van der Waals surface area contributed by atoms with Crippen molar-refractivity contribution in [3.05, 3.63) is 35.9 Å². The smallest absolute Gasteiger partial charge is 0.352 e. The summed E-state index contributed by atoms with van der Waals surface area (Å²) in [5.74, 6) is 0. The molecule has 0 radical (unpaired) electrons. The molecule has 120 valence electrons. The molecule has 0 saturated carbocycles. The molecule has 0 amide bonds. The molecule has 0 spiro atoms. The number of amidine groups is 2. The molecular weight excluding hydrogens is 306 g/mol. The number of nitrogens with zero attached hydrogens (tertiary/aromatic N) is 3. The van der Waals surface area contributed by atoms with Gasteiger partial charge in [0, 0.05) is 7.05 Å². The third-order valence-electron chi connectivity index (χ3n) is 3.12. The Balaban J connectivity index is 1.81. The van der Waals surface area contributed by atoms with E-state index >= 15 is 0 Å². The standard InChI is InChI=1S/C14H19N3O4S/c1-17-14(15-13(20-2)16-22(17,18)19)21-11-7-6-10-12-8-4-3-5-9-12/h3-5,8-9H,6-7,10-11H2,1-2H3. The van der Waals surface area contributed by atoms with Gasteiger partial charge < -0.3 is 9.47 Å². The fourth-order valence-corrected chi connectivity index (χ4v) is 2.60. The number of hydrogen-bond acceptors (Lipinski definition) is 5. The van der Waals surface area contributed by atoms with E-state index in [1.807, 2.05) is 18.2 Å². The summed E-state index contributed by atoms with van der Waals surface area (Å²) in [5.41, 5.74) is 1.27. The fourth-order valence-electron chi connectivity index (χ4n) is 1.88. The molecule has 7 nitrogen and oxygen atoms in total. The quantitative estimate of drug-likeness (QED) is 0.770. The number of unbranched alkanes of at least 4 members (excludes halogenated alkanes) is 1. The van der Waals surface area contributed by atoms with Crippen LogP contribution < -0.4 is 0 Å². The normalized spacial score (nSPS) is 16.7. The van der Waals surface area contributed by atoms with E-state index in [4.69, 9.17) is 9.47 Å². The maximum Gasteiger partial charge on any atom is 0.352 e. The average Bonchev–Trinajstić information content (AvgIpc) is 2.51. The van der Waals surface area contributed by atoms with Crippen LogP contribution in [0.15, 0.2) is 39.7 Å². The van der Waals surface area contributed by atoms with Gasteiger partial charge in [-0.05, 0) is 24.8 Å². The van der Waals surface area contributed by atoms with Crippen molar-refractivity contribution in [2.24, 2.45) is 9.39 Å². The summed E-state index contributed by atoms with van der Waals surface area (Å²) in [5, 5.41) is 0. The lowest BCUT2D eigenvalue weighted by Gasteiger charge is -2.21. The maximum absolute atomic E-state index is 11.7. The zero-order valence-electron chi connectivity index (χ0n) is 12.6. The Labute approximate surface area is 130 Å². The van der Waals surface area contributed by atoms with Crippen LogP contribution in [-0.2, 0) is 26.1 Å². The van der Waals surface area contributed by atoms with Gasteiger partial charge in [-0.1, -0.05) is 34.7 Å². The third kappa shape index (κ3) is 4.20. The van der Waals surface area contributed by atoms with Gasteiger partial charge in [-0.15, -0.1) is 4.99 Å². The summed E-state index contributed by atoms with van der Waals surface area (Å²) < 4.78 is 37.9. The first-order chi connectivity index (χ1) is 10.5. The van der Waals surface area contributed by atoms with Gasteiger partial charge in [0.15, 0.2) is 0 Å². The Hall–Kier alpha value is -2.09. The van der Waals surface area contributed by atoms with Crippen molar-refractivity contribution >= 4 is 22.3 Å². The zero-order chi connectivity index (χ0) is 16.0. The molecule has 0 bridgehead atoms. The number of ether oxygens (including phenoxy) is 2. The lowest BCUT2D eigenvalue weighted by Crippen LogP contribution is -2.38. The number of benzene rings is 1. The molecule has 0 N–H and O–H groups in total. The molecule has 1 aliphatic rings. The zero-order valence-corrected chi connectivity index (χ0v) is 13.4. The van der Waals surface area contributed by atoms with E-state index in [-0.39, 0.29) is 12.0 Å². The van der Waals surface area contributed by atoms with Crippen LogP contribution in [0.25, 0.3) is 0 Å². The molecule has 1 aromatic carbocycles. The van der Waals surface area contributed by atoms with Gasteiger partial charge in [-0.3, -0.25) is 0 Å². The second-order valence-electron chi connectivity index (χ2n) is 4.71. The molecule has 0 aliphatic carbocycles. The third-order valence-corrected chi connectivity index (χ3v) is 4.35. The summed E-state index contributed by atoms with van der Waals surface area (Å²) in [6.45, 7) is 0.378. The largest absolute Gasteiger partial charge is 0.466 e. The van der Waals surface area contributed by atoms with E-state index in [9.17, 15) is 8.42 Å². The Kier molecular flexibility index (Phi) is 5.37. The van der Waals surface area contributed by atoms with Gasteiger partial charge in [0.2, 0.25) is 0 Å². The van der Waals surface area contributed by atoms with Gasteiger partial charge in [0.05, 0.1) is 13.7 Å². The van der Waals surface area contributed by atoms with Crippen LogP contribution in [0.5, 0.6) is 0 Å². The van der Waals surface area contributed by atoms with Crippen LogP contribution in [0.3, 0.4) is 0 Å². The van der Waals surface area contributed by atoms with Gasteiger partial charge in [0.25, 0.3) is 0 Å². The topological polar surface area (TPSA) is 80.6 Å². The number of aliphatic imine (C=N–C) groups is 1. The second kappa shape index (κ2) is 7.26. The van der Waals surface area contributed by atoms with Gasteiger partial charge in [-0.2, -0.15) is 8.42 Å². The summed E-state index contributed by atoms with van der Waals surface area (Å²) in [6.07, 6.45) is 2.69. The lowest BCUT2D eigenvalue weighted by molar-refractivity contribution is 0.261. The molecule has 0 fully saturated rings. The lowest BCUT2D eigenvalue weighted by atomic mass is 10.1. The number of hydrogen-bond donors (Lipinski definition) is 0. The van der Waals surface area contributed by atoms with Crippen LogP contribution in [-0.4, -0.2) is 45.5 Å². The Morgan fingerprint density at radius 3 is 2.59 bits per heavy atom. The summed E-state index contributed by atoms with van der Waals surface area (Å²) in [6, 6.07) is 9.91. The average molecular weight is 325 g/mol. The van der Waals surface area contributed by atoms with Crippen molar-refractivity contribution in [1.29, 1.82) is 0 Å². The maximum atomic E-state index is 11.7. The van der Waals surface area contributed by atoms with Crippen molar-refractivity contribution in [3.8, 4) is 0 Å². The van der Waals surface area contributed by atoms with Crippen molar-refractivity contribution in [3.63, 3.8) is 0 Å². The minimum atomic E-state index is -3.82. The van der Waals surface area contributed by atoms with Crippen molar-refractivity contribution in [2.45, 2.75) is 19.3 Å². The molecule has 0 atom stereocenters. The Morgan fingerprint density at radius 1 is 1.18 bits per heavy atom. The van der Waals surface area contributed by atoms with Crippen LogP contribution in [0.4, 0.5) is 0 Å². The highest BCUT2D eigenvalue weighted by Crippen LogP contribution is 2.11. The second-order valence-corrected chi connectivity index (χ2v) is 6.33. The fraction of sp³-hybridized carbons (Fsp3) is 0.429.